The minimum Gasteiger partial charge on any atom is -0.748 e. The van der Waals surface area contributed by atoms with Crippen molar-refractivity contribution in [1.29, 1.82) is 0 Å². The van der Waals surface area contributed by atoms with Crippen LogP contribution in [0.2, 0.25) is 0 Å². The molecule has 14 heteroatoms. The Morgan fingerprint density at radius 3 is 2.19 bits per heavy atom. The number of hydrogen-bond donors (Lipinski definition) is 3. The standard InChI is InChI=1S/C18H31N3O8S2.Na/c1-5-30(25,26)9-6-14(22)19-12-20-16(24)18(7-8-18)10-13(2)15(23)21-17(3,4)11-31(27,28)29;/h5,13H,1,6-12H2,2-4H3,(H,19,22)(H,20,24)(H,21,23)(H,27,28,29);/q;+1/p-1. The number of amides is 3. The predicted molar refractivity (Wildman–Crippen MR) is 112 cm³/mol. The van der Waals surface area contributed by atoms with Gasteiger partial charge in [0.15, 0.2) is 9.84 Å². The van der Waals surface area contributed by atoms with Crippen LogP contribution in [0, 0.1) is 11.3 Å². The molecule has 11 nitrogen and oxygen atoms in total. The molecule has 0 heterocycles. The van der Waals surface area contributed by atoms with Crippen LogP contribution < -0.4 is 45.5 Å². The van der Waals surface area contributed by atoms with E-state index in [1.807, 2.05) is 0 Å². The van der Waals surface area contributed by atoms with Crippen LogP contribution in [0.5, 0.6) is 0 Å². The summed E-state index contributed by atoms with van der Waals surface area (Å²) in [6.45, 7) is 7.43. The summed E-state index contributed by atoms with van der Waals surface area (Å²) in [7, 11) is -8.01. The van der Waals surface area contributed by atoms with E-state index >= 15 is 0 Å². The van der Waals surface area contributed by atoms with E-state index in [4.69, 9.17) is 0 Å². The van der Waals surface area contributed by atoms with Gasteiger partial charge in [-0.1, -0.05) is 13.5 Å². The van der Waals surface area contributed by atoms with Gasteiger partial charge in [-0.25, -0.2) is 16.8 Å². The first kappa shape index (κ1) is 31.0. The van der Waals surface area contributed by atoms with Crippen molar-refractivity contribution >= 4 is 37.7 Å². The fraction of sp³-hybridized carbons (Fsp3) is 0.722. The van der Waals surface area contributed by atoms with E-state index < -0.39 is 54.4 Å². The molecular weight excluding hydrogens is 473 g/mol. The first-order valence-corrected chi connectivity index (χ1v) is 13.0. The third-order valence-electron chi connectivity index (χ3n) is 4.88. The molecule has 0 radical (unpaired) electrons. The Hall–Kier alpha value is -0.990. The molecule has 0 aromatic carbocycles. The van der Waals surface area contributed by atoms with Gasteiger partial charge in [-0.3, -0.25) is 14.4 Å². The molecule has 0 saturated heterocycles. The number of sulfone groups is 1. The third kappa shape index (κ3) is 11.2. The van der Waals surface area contributed by atoms with Crippen LogP contribution in [-0.2, 0) is 34.3 Å². The molecule has 0 aromatic rings. The predicted octanol–water partition coefficient (Wildman–Crippen LogP) is -3.62. The normalized spacial score (nSPS) is 16.1. The van der Waals surface area contributed by atoms with Gasteiger partial charge in [0.25, 0.3) is 0 Å². The Labute approximate surface area is 211 Å². The van der Waals surface area contributed by atoms with Gasteiger partial charge in [-0.05, 0) is 33.1 Å². The van der Waals surface area contributed by atoms with Crippen LogP contribution >= 0.6 is 0 Å². The first-order chi connectivity index (χ1) is 14.0. The Balaban J connectivity index is 0.00000961. The molecular formula is C18H30N3NaO8S2. The van der Waals surface area contributed by atoms with Gasteiger partial charge in [0, 0.05) is 23.3 Å². The summed E-state index contributed by atoms with van der Waals surface area (Å²) in [5.41, 5.74) is -2.00. The van der Waals surface area contributed by atoms with Crippen molar-refractivity contribution in [2.75, 3.05) is 18.2 Å². The molecule has 3 N–H and O–H groups in total. The van der Waals surface area contributed by atoms with Crippen molar-refractivity contribution in [2.24, 2.45) is 11.3 Å². The minimum absolute atomic E-state index is 0. The molecule has 1 unspecified atom stereocenters. The van der Waals surface area contributed by atoms with Gasteiger partial charge >= 0.3 is 29.6 Å². The summed E-state index contributed by atoms with van der Waals surface area (Å²) in [6.07, 6.45) is 1.07. The molecule has 1 aliphatic rings. The number of rotatable bonds is 13. The molecule has 0 spiro atoms. The molecule has 0 aromatic heterocycles. The summed E-state index contributed by atoms with van der Waals surface area (Å²) in [6, 6.07) is 0. The second-order valence-corrected chi connectivity index (χ2v) is 12.0. The summed E-state index contributed by atoms with van der Waals surface area (Å²) < 4.78 is 55.5. The molecule has 1 fully saturated rings. The van der Waals surface area contributed by atoms with Crippen molar-refractivity contribution < 1.29 is 65.3 Å². The summed E-state index contributed by atoms with van der Waals surface area (Å²) in [5.74, 6) is -3.09. The van der Waals surface area contributed by atoms with Gasteiger partial charge in [-0.15, -0.1) is 0 Å². The molecule has 0 aliphatic heterocycles. The van der Waals surface area contributed by atoms with Crippen molar-refractivity contribution in [3.63, 3.8) is 0 Å². The SMILES string of the molecule is C=CS(=O)(=O)CCC(=O)NCNC(=O)C1(CC(C)C(=O)NC(C)(C)CS(=O)(=O)[O-])CC1.[Na+]. The fourth-order valence-corrected chi connectivity index (χ4v) is 4.70. The zero-order valence-electron chi connectivity index (χ0n) is 18.9. The van der Waals surface area contributed by atoms with Gasteiger partial charge in [0.05, 0.1) is 33.7 Å². The van der Waals surface area contributed by atoms with Crippen LogP contribution in [0.1, 0.15) is 46.5 Å². The van der Waals surface area contributed by atoms with Crippen LogP contribution in [0.15, 0.2) is 12.0 Å². The van der Waals surface area contributed by atoms with Gasteiger partial charge in [-0.2, -0.15) is 0 Å². The van der Waals surface area contributed by atoms with E-state index in [0.717, 1.165) is 5.41 Å². The molecule has 178 valence electrons. The maximum Gasteiger partial charge on any atom is 1.00 e. The summed E-state index contributed by atoms with van der Waals surface area (Å²) >= 11 is 0. The molecule has 1 aliphatic carbocycles. The molecule has 3 amide bonds. The van der Waals surface area contributed by atoms with E-state index in [1.54, 1.807) is 6.92 Å². The van der Waals surface area contributed by atoms with Crippen LogP contribution in [0.4, 0.5) is 0 Å². The average Bonchev–Trinajstić information content (AvgIpc) is 3.38. The van der Waals surface area contributed by atoms with Gasteiger partial charge < -0.3 is 20.5 Å². The zero-order valence-corrected chi connectivity index (χ0v) is 22.5. The number of hydrogen-bond acceptors (Lipinski definition) is 8. The topological polar surface area (TPSA) is 179 Å². The third-order valence-corrected chi connectivity index (χ3v) is 7.24. The van der Waals surface area contributed by atoms with Crippen molar-refractivity contribution in [1.82, 2.24) is 16.0 Å². The van der Waals surface area contributed by atoms with E-state index in [9.17, 15) is 35.8 Å². The quantitative estimate of drug-likeness (QED) is 0.131. The number of carbonyl (C=O) groups excluding carboxylic acids is 3. The Morgan fingerprint density at radius 1 is 1.16 bits per heavy atom. The van der Waals surface area contributed by atoms with E-state index in [-0.39, 0.29) is 60.7 Å². The Kier molecular flexibility index (Phi) is 11.6. The van der Waals surface area contributed by atoms with Crippen molar-refractivity contribution in [3.05, 3.63) is 12.0 Å². The van der Waals surface area contributed by atoms with E-state index in [1.165, 1.54) is 13.8 Å². The second kappa shape index (κ2) is 11.9. The summed E-state index contributed by atoms with van der Waals surface area (Å²) in [5, 5.41) is 8.26. The smallest absolute Gasteiger partial charge is 0.748 e. The summed E-state index contributed by atoms with van der Waals surface area (Å²) in [4.78, 5) is 36.6. The number of nitrogens with one attached hydrogen (secondary N) is 3. The first-order valence-electron chi connectivity index (χ1n) is 9.67. The zero-order chi connectivity index (χ0) is 24.1. The fourth-order valence-electron chi connectivity index (χ4n) is 3.11. The second-order valence-electron chi connectivity index (χ2n) is 8.53. The minimum atomic E-state index is -4.52. The van der Waals surface area contributed by atoms with Crippen LogP contribution in [-0.4, -0.2) is 62.8 Å². The maximum atomic E-state index is 12.5. The molecule has 1 saturated carbocycles. The average molecular weight is 504 g/mol. The molecule has 0 bridgehead atoms. The number of carbonyl (C=O) groups is 3. The van der Waals surface area contributed by atoms with Crippen LogP contribution in [0.25, 0.3) is 0 Å². The van der Waals surface area contributed by atoms with Gasteiger partial charge in [0.1, 0.15) is 0 Å². The van der Waals surface area contributed by atoms with Gasteiger partial charge in [0.2, 0.25) is 17.7 Å². The van der Waals surface area contributed by atoms with Crippen molar-refractivity contribution in [3.8, 4) is 0 Å². The van der Waals surface area contributed by atoms with E-state index in [0.29, 0.717) is 12.8 Å². The monoisotopic (exact) mass is 503 g/mol. The maximum absolute atomic E-state index is 12.5. The largest absolute Gasteiger partial charge is 1.00 e. The molecule has 1 rings (SSSR count). The molecule has 1 atom stereocenters. The Bertz CT molecular complexity index is 928. The molecule has 32 heavy (non-hydrogen) atoms. The Morgan fingerprint density at radius 2 is 1.72 bits per heavy atom. The van der Waals surface area contributed by atoms with Crippen molar-refractivity contribution in [2.45, 2.75) is 52.0 Å². The van der Waals surface area contributed by atoms with Crippen LogP contribution in [0.3, 0.4) is 0 Å². The van der Waals surface area contributed by atoms with E-state index in [2.05, 4.69) is 22.5 Å².